The van der Waals surface area contributed by atoms with Gasteiger partial charge in [-0.15, -0.1) is 0 Å². The van der Waals surface area contributed by atoms with Crippen LogP contribution in [0.4, 0.5) is 5.69 Å². The quantitative estimate of drug-likeness (QED) is 0.844. The number of rotatable bonds is 4. The van der Waals surface area contributed by atoms with Gasteiger partial charge in [-0.25, -0.2) is 0 Å². The lowest BCUT2D eigenvalue weighted by atomic mass is 9.87. The van der Waals surface area contributed by atoms with E-state index in [1.165, 1.54) is 6.42 Å². The molecule has 0 spiro atoms. The summed E-state index contributed by atoms with van der Waals surface area (Å²) in [5, 5.41) is 6.52. The van der Waals surface area contributed by atoms with Crippen molar-refractivity contribution in [3.63, 3.8) is 0 Å². The topological polar surface area (TPSA) is 44.4 Å². The fourth-order valence-corrected chi connectivity index (χ4v) is 4.11. The molecule has 2 heterocycles. The lowest BCUT2D eigenvalue weighted by Gasteiger charge is -2.36. The predicted octanol–water partition coefficient (Wildman–Crippen LogP) is 3.10. The lowest BCUT2D eigenvalue weighted by molar-refractivity contribution is -0.121. The molecule has 2 aliphatic rings. The summed E-state index contributed by atoms with van der Waals surface area (Å²) in [7, 11) is 0. The molecule has 0 radical (unpaired) electrons. The molecule has 2 saturated heterocycles. The summed E-state index contributed by atoms with van der Waals surface area (Å²) in [5.41, 5.74) is 1.28. The van der Waals surface area contributed by atoms with E-state index in [4.69, 9.17) is 0 Å². The highest BCUT2D eigenvalue weighted by molar-refractivity contribution is 9.10. The zero-order valence-corrected chi connectivity index (χ0v) is 15.4. The number of benzene rings is 1. The summed E-state index contributed by atoms with van der Waals surface area (Å²) in [6, 6.07) is 7.79. The van der Waals surface area contributed by atoms with Crippen molar-refractivity contribution in [1.29, 1.82) is 0 Å². The number of hydrogen-bond acceptors (Lipinski definition) is 3. The Balaban J connectivity index is 1.47. The van der Waals surface area contributed by atoms with E-state index in [-0.39, 0.29) is 11.8 Å². The molecule has 1 aromatic carbocycles. The van der Waals surface area contributed by atoms with Crippen LogP contribution in [0.3, 0.4) is 0 Å². The number of carbonyl (C=O) groups is 1. The second kappa shape index (κ2) is 7.32. The zero-order chi connectivity index (χ0) is 16.3. The van der Waals surface area contributed by atoms with Crippen LogP contribution in [0, 0.1) is 11.3 Å². The summed E-state index contributed by atoms with van der Waals surface area (Å²) in [6.07, 6.45) is 3.18. The smallest absolute Gasteiger partial charge is 0.227 e. The number of hydrogen-bond donors (Lipinski definition) is 2. The molecule has 1 unspecified atom stereocenters. The number of anilines is 1. The van der Waals surface area contributed by atoms with Crippen molar-refractivity contribution in [3.8, 4) is 0 Å². The molecule has 2 N–H and O–H groups in total. The van der Waals surface area contributed by atoms with E-state index in [0.717, 1.165) is 55.7 Å². The van der Waals surface area contributed by atoms with Crippen LogP contribution in [0.1, 0.15) is 26.2 Å². The first kappa shape index (κ1) is 16.9. The van der Waals surface area contributed by atoms with Crippen molar-refractivity contribution < 1.29 is 4.79 Å². The fourth-order valence-electron chi connectivity index (χ4n) is 3.71. The maximum Gasteiger partial charge on any atom is 0.227 e. The van der Waals surface area contributed by atoms with Crippen molar-refractivity contribution in [2.45, 2.75) is 26.2 Å². The van der Waals surface area contributed by atoms with Gasteiger partial charge in [-0.2, -0.15) is 0 Å². The first-order valence-electron chi connectivity index (χ1n) is 8.54. The molecule has 2 fully saturated rings. The van der Waals surface area contributed by atoms with Crippen LogP contribution >= 0.6 is 15.9 Å². The molecule has 0 aromatic heterocycles. The summed E-state index contributed by atoms with van der Waals surface area (Å²) in [4.78, 5) is 15.0. The third-order valence-electron chi connectivity index (χ3n) is 5.11. The monoisotopic (exact) mass is 379 g/mol. The van der Waals surface area contributed by atoms with Crippen molar-refractivity contribution in [1.82, 2.24) is 10.2 Å². The van der Waals surface area contributed by atoms with E-state index in [9.17, 15) is 4.79 Å². The number of likely N-dealkylation sites (tertiary alicyclic amines) is 1. The Labute approximate surface area is 147 Å². The Bertz CT molecular complexity index is 549. The molecule has 1 aromatic rings. The van der Waals surface area contributed by atoms with Gasteiger partial charge in [0, 0.05) is 29.2 Å². The van der Waals surface area contributed by atoms with Crippen LogP contribution in [-0.2, 0) is 4.79 Å². The second-order valence-electron chi connectivity index (χ2n) is 7.29. The zero-order valence-electron chi connectivity index (χ0n) is 13.8. The minimum Gasteiger partial charge on any atom is -0.326 e. The van der Waals surface area contributed by atoms with Crippen molar-refractivity contribution in [2.75, 3.05) is 38.0 Å². The molecule has 1 atom stereocenters. The van der Waals surface area contributed by atoms with E-state index >= 15 is 0 Å². The van der Waals surface area contributed by atoms with Gasteiger partial charge in [-0.05, 0) is 62.5 Å². The molecular formula is C18H26BrN3O. The number of halogens is 1. The van der Waals surface area contributed by atoms with Crippen LogP contribution in [0.25, 0.3) is 0 Å². The molecular weight excluding hydrogens is 354 g/mol. The highest BCUT2D eigenvalue weighted by atomic mass is 79.9. The maximum atomic E-state index is 12.4. The van der Waals surface area contributed by atoms with E-state index in [2.05, 4.69) is 38.4 Å². The first-order chi connectivity index (χ1) is 11.0. The molecule has 5 heteroatoms. The van der Waals surface area contributed by atoms with Crippen LogP contribution < -0.4 is 10.6 Å². The number of amides is 1. The van der Waals surface area contributed by atoms with Crippen LogP contribution in [-0.4, -0.2) is 43.5 Å². The Morgan fingerprint density at radius 3 is 2.87 bits per heavy atom. The van der Waals surface area contributed by atoms with Crippen molar-refractivity contribution >= 4 is 27.5 Å². The van der Waals surface area contributed by atoms with Gasteiger partial charge in [0.1, 0.15) is 0 Å². The van der Waals surface area contributed by atoms with Gasteiger partial charge in [0.2, 0.25) is 5.91 Å². The van der Waals surface area contributed by atoms with Crippen LogP contribution in [0.15, 0.2) is 28.7 Å². The predicted molar refractivity (Wildman–Crippen MR) is 97.5 cm³/mol. The third-order valence-corrected chi connectivity index (χ3v) is 5.61. The number of nitrogens with zero attached hydrogens (tertiary/aromatic N) is 1. The molecule has 1 amide bonds. The van der Waals surface area contributed by atoms with Crippen molar-refractivity contribution in [2.24, 2.45) is 11.3 Å². The summed E-state index contributed by atoms with van der Waals surface area (Å²) < 4.78 is 0.989. The van der Waals surface area contributed by atoms with E-state index in [0.29, 0.717) is 5.41 Å². The SMILES string of the molecule is CC1(CN2CCC(C(=O)Nc3cccc(Br)c3)CC2)CCNC1. The van der Waals surface area contributed by atoms with Crippen LogP contribution in [0.2, 0.25) is 0 Å². The first-order valence-corrected chi connectivity index (χ1v) is 9.33. The average molecular weight is 380 g/mol. The highest BCUT2D eigenvalue weighted by Crippen LogP contribution is 2.28. The van der Waals surface area contributed by atoms with Gasteiger partial charge in [0.15, 0.2) is 0 Å². The number of carbonyl (C=O) groups excluding carboxylic acids is 1. The fraction of sp³-hybridized carbons (Fsp3) is 0.611. The Morgan fingerprint density at radius 1 is 1.43 bits per heavy atom. The number of nitrogens with one attached hydrogen (secondary N) is 2. The Morgan fingerprint density at radius 2 is 2.22 bits per heavy atom. The summed E-state index contributed by atoms with van der Waals surface area (Å²) in [6.45, 7) is 7.86. The largest absolute Gasteiger partial charge is 0.326 e. The minimum atomic E-state index is 0.139. The molecule has 2 aliphatic heterocycles. The van der Waals surface area contributed by atoms with Crippen molar-refractivity contribution in [3.05, 3.63) is 28.7 Å². The minimum absolute atomic E-state index is 0.139. The molecule has 4 nitrogen and oxygen atoms in total. The second-order valence-corrected chi connectivity index (χ2v) is 8.20. The van der Waals surface area contributed by atoms with Gasteiger partial charge in [-0.3, -0.25) is 4.79 Å². The van der Waals surface area contributed by atoms with Gasteiger partial charge in [0.05, 0.1) is 0 Å². The van der Waals surface area contributed by atoms with Crippen LogP contribution in [0.5, 0.6) is 0 Å². The lowest BCUT2D eigenvalue weighted by Crippen LogP contribution is -2.43. The molecule has 23 heavy (non-hydrogen) atoms. The van der Waals surface area contributed by atoms with Gasteiger partial charge in [-0.1, -0.05) is 28.9 Å². The third kappa shape index (κ3) is 4.55. The highest BCUT2D eigenvalue weighted by Gasteiger charge is 2.33. The standard InChI is InChI=1S/C18H26BrN3O/c1-18(7-8-20-12-18)13-22-9-5-14(6-10-22)17(23)21-16-4-2-3-15(19)11-16/h2-4,11,14,20H,5-10,12-13H2,1H3,(H,21,23). The van der Waals surface area contributed by atoms with Gasteiger partial charge < -0.3 is 15.5 Å². The van der Waals surface area contributed by atoms with E-state index < -0.39 is 0 Å². The maximum absolute atomic E-state index is 12.4. The molecule has 126 valence electrons. The summed E-state index contributed by atoms with van der Waals surface area (Å²) >= 11 is 3.44. The molecule has 0 saturated carbocycles. The number of piperidine rings is 1. The normalized spacial score (nSPS) is 26.3. The average Bonchev–Trinajstić information content (AvgIpc) is 2.94. The molecule has 0 aliphatic carbocycles. The Hall–Kier alpha value is -0.910. The van der Waals surface area contributed by atoms with Gasteiger partial charge in [0.25, 0.3) is 0 Å². The summed E-state index contributed by atoms with van der Waals surface area (Å²) in [5.74, 6) is 0.302. The van der Waals surface area contributed by atoms with E-state index in [1.807, 2.05) is 24.3 Å². The van der Waals surface area contributed by atoms with E-state index in [1.54, 1.807) is 0 Å². The Kier molecular flexibility index (Phi) is 5.39. The van der Waals surface area contributed by atoms with Gasteiger partial charge >= 0.3 is 0 Å². The molecule has 3 rings (SSSR count). The molecule has 0 bridgehead atoms.